The number of hydrogen-bond donors (Lipinski definition) is 1. The number of alkyl halides is 3. The van der Waals surface area contributed by atoms with Crippen LogP contribution in [0.5, 0.6) is 0 Å². The highest BCUT2D eigenvalue weighted by atomic mass is 35.5. The second-order valence-electron chi connectivity index (χ2n) is 3.28. The van der Waals surface area contributed by atoms with Gasteiger partial charge < -0.3 is 0 Å². The molecule has 0 saturated carbocycles. The second kappa shape index (κ2) is 5.15. The van der Waals surface area contributed by atoms with E-state index < -0.39 is 27.9 Å². The van der Waals surface area contributed by atoms with Crippen molar-refractivity contribution in [1.29, 1.82) is 0 Å². The van der Waals surface area contributed by atoms with Gasteiger partial charge in [-0.1, -0.05) is 23.7 Å². The first-order chi connectivity index (χ1) is 8.12. The number of amides is 1. The van der Waals surface area contributed by atoms with Crippen LogP contribution in [-0.4, -0.2) is 19.8 Å². The Bertz CT molecular complexity index is 539. The van der Waals surface area contributed by atoms with Gasteiger partial charge in [-0.25, -0.2) is 4.72 Å². The standard InChI is InChI=1S/C9H7ClF3NO3S/c10-7-3-1-6(2-4-7)5-8(15)14-18(16,17)9(11,12)13/h1-4H,5H2,(H,14,15). The Kier molecular flexibility index (Phi) is 4.23. The minimum atomic E-state index is -5.65. The molecular formula is C9H7ClF3NO3S. The van der Waals surface area contributed by atoms with E-state index in [2.05, 4.69) is 0 Å². The van der Waals surface area contributed by atoms with Crippen LogP contribution in [0.4, 0.5) is 13.2 Å². The largest absolute Gasteiger partial charge is 0.516 e. The van der Waals surface area contributed by atoms with Crippen LogP contribution >= 0.6 is 11.6 Å². The lowest BCUT2D eigenvalue weighted by molar-refractivity contribution is -0.119. The molecule has 100 valence electrons. The first-order valence-electron chi connectivity index (χ1n) is 4.48. The topological polar surface area (TPSA) is 63.2 Å². The minimum absolute atomic E-state index is 0.342. The zero-order valence-corrected chi connectivity index (χ0v) is 10.2. The summed E-state index contributed by atoms with van der Waals surface area (Å²) in [6, 6.07) is 5.68. The molecular weight excluding hydrogens is 295 g/mol. The molecule has 18 heavy (non-hydrogen) atoms. The number of carbonyl (C=O) groups excluding carboxylic acids is 1. The van der Waals surface area contributed by atoms with Crippen molar-refractivity contribution in [3.8, 4) is 0 Å². The second-order valence-corrected chi connectivity index (χ2v) is 5.39. The Morgan fingerprint density at radius 3 is 2.17 bits per heavy atom. The number of sulfonamides is 1. The summed E-state index contributed by atoms with van der Waals surface area (Å²) in [5, 5.41) is 0.391. The average Bonchev–Trinajstić information content (AvgIpc) is 2.19. The van der Waals surface area contributed by atoms with E-state index in [9.17, 15) is 26.4 Å². The van der Waals surface area contributed by atoms with E-state index in [4.69, 9.17) is 11.6 Å². The fourth-order valence-electron chi connectivity index (χ4n) is 1.03. The van der Waals surface area contributed by atoms with Gasteiger partial charge >= 0.3 is 15.5 Å². The molecule has 1 aromatic rings. The van der Waals surface area contributed by atoms with E-state index in [0.717, 1.165) is 4.72 Å². The molecule has 0 unspecified atom stereocenters. The molecule has 0 bridgehead atoms. The molecule has 9 heteroatoms. The van der Waals surface area contributed by atoms with E-state index in [1.807, 2.05) is 0 Å². The zero-order chi connectivity index (χ0) is 14.0. The van der Waals surface area contributed by atoms with E-state index in [-0.39, 0.29) is 0 Å². The summed E-state index contributed by atoms with van der Waals surface area (Å²) in [6.45, 7) is 0. The summed E-state index contributed by atoms with van der Waals surface area (Å²) < 4.78 is 58.1. The fraction of sp³-hybridized carbons (Fsp3) is 0.222. The van der Waals surface area contributed by atoms with Crippen LogP contribution in [0, 0.1) is 0 Å². The summed E-state index contributed by atoms with van der Waals surface area (Å²) in [6.07, 6.45) is -0.494. The normalized spacial score (nSPS) is 12.2. The molecule has 0 fully saturated rings. The molecule has 0 aromatic heterocycles. The van der Waals surface area contributed by atoms with Gasteiger partial charge in [-0.05, 0) is 17.7 Å². The van der Waals surface area contributed by atoms with Crippen LogP contribution in [0.1, 0.15) is 5.56 Å². The molecule has 0 aliphatic heterocycles. The van der Waals surface area contributed by atoms with E-state index >= 15 is 0 Å². The Morgan fingerprint density at radius 1 is 1.22 bits per heavy atom. The van der Waals surface area contributed by atoms with Gasteiger partial charge in [-0.15, -0.1) is 0 Å². The predicted octanol–water partition coefficient (Wildman–Crippen LogP) is 1.85. The number of rotatable bonds is 3. The van der Waals surface area contributed by atoms with E-state index in [1.54, 1.807) is 0 Å². The number of benzene rings is 1. The van der Waals surface area contributed by atoms with Gasteiger partial charge in [0.2, 0.25) is 5.91 Å². The minimum Gasteiger partial charge on any atom is -0.274 e. The van der Waals surface area contributed by atoms with Crippen LogP contribution < -0.4 is 4.72 Å². The average molecular weight is 302 g/mol. The van der Waals surface area contributed by atoms with Crippen molar-refractivity contribution < 1.29 is 26.4 Å². The summed E-state index contributed by atoms with van der Waals surface area (Å²) in [7, 11) is -5.65. The maximum atomic E-state index is 12.0. The predicted molar refractivity (Wildman–Crippen MR) is 58.3 cm³/mol. The fourth-order valence-corrected chi connectivity index (χ4v) is 1.65. The van der Waals surface area contributed by atoms with Gasteiger partial charge in [0, 0.05) is 5.02 Å². The van der Waals surface area contributed by atoms with Gasteiger partial charge in [0.05, 0.1) is 6.42 Å². The summed E-state index contributed by atoms with van der Waals surface area (Å²) in [4.78, 5) is 11.1. The van der Waals surface area contributed by atoms with Gasteiger partial charge in [-0.2, -0.15) is 21.6 Å². The molecule has 0 aliphatic rings. The van der Waals surface area contributed by atoms with Gasteiger partial charge in [0.1, 0.15) is 0 Å². The molecule has 4 nitrogen and oxygen atoms in total. The first kappa shape index (κ1) is 14.8. The third-order valence-corrected chi connectivity index (χ3v) is 3.19. The van der Waals surface area contributed by atoms with Crippen molar-refractivity contribution in [3.63, 3.8) is 0 Å². The molecule has 0 heterocycles. The molecule has 0 radical (unpaired) electrons. The van der Waals surface area contributed by atoms with Crippen LogP contribution in [-0.2, 0) is 21.2 Å². The maximum Gasteiger partial charge on any atom is 0.516 e. The Balaban J connectivity index is 2.71. The third-order valence-electron chi connectivity index (χ3n) is 1.83. The Morgan fingerprint density at radius 2 is 1.72 bits per heavy atom. The van der Waals surface area contributed by atoms with Gasteiger partial charge in [0.15, 0.2) is 0 Å². The molecule has 0 saturated heterocycles. The summed E-state index contributed by atoms with van der Waals surface area (Å²) in [5.74, 6) is -1.27. The van der Waals surface area contributed by atoms with Crippen LogP contribution in [0.3, 0.4) is 0 Å². The number of carbonyl (C=O) groups is 1. The molecule has 1 amide bonds. The Hall–Kier alpha value is -1.28. The lowest BCUT2D eigenvalue weighted by atomic mass is 10.1. The molecule has 0 atom stereocenters. The number of hydrogen-bond acceptors (Lipinski definition) is 3. The van der Waals surface area contributed by atoms with E-state index in [0.29, 0.717) is 10.6 Å². The summed E-state index contributed by atoms with van der Waals surface area (Å²) >= 11 is 5.57. The molecule has 0 aliphatic carbocycles. The lowest BCUT2D eigenvalue weighted by Crippen LogP contribution is -2.40. The van der Waals surface area contributed by atoms with Crippen molar-refractivity contribution in [2.75, 3.05) is 0 Å². The zero-order valence-electron chi connectivity index (χ0n) is 8.66. The quantitative estimate of drug-likeness (QED) is 0.926. The summed E-state index contributed by atoms with van der Waals surface area (Å²) in [5.41, 5.74) is -5.17. The number of nitrogens with one attached hydrogen (secondary N) is 1. The van der Waals surface area contributed by atoms with Crippen molar-refractivity contribution in [3.05, 3.63) is 34.9 Å². The van der Waals surface area contributed by atoms with Crippen molar-refractivity contribution in [2.24, 2.45) is 0 Å². The van der Waals surface area contributed by atoms with Crippen LogP contribution in [0.15, 0.2) is 24.3 Å². The molecule has 0 spiro atoms. The first-order valence-corrected chi connectivity index (χ1v) is 6.34. The lowest BCUT2D eigenvalue weighted by Gasteiger charge is -2.09. The Labute approximate surface area is 106 Å². The van der Waals surface area contributed by atoms with Crippen molar-refractivity contribution >= 4 is 27.5 Å². The molecule has 1 aromatic carbocycles. The number of halogens is 4. The third kappa shape index (κ3) is 3.88. The van der Waals surface area contributed by atoms with Gasteiger partial charge in [0.25, 0.3) is 0 Å². The van der Waals surface area contributed by atoms with Crippen molar-refractivity contribution in [2.45, 2.75) is 11.9 Å². The molecule has 1 N–H and O–H groups in total. The van der Waals surface area contributed by atoms with Crippen LogP contribution in [0.2, 0.25) is 5.02 Å². The highest BCUT2D eigenvalue weighted by molar-refractivity contribution is 7.90. The van der Waals surface area contributed by atoms with Crippen LogP contribution in [0.25, 0.3) is 0 Å². The maximum absolute atomic E-state index is 12.0. The smallest absolute Gasteiger partial charge is 0.274 e. The highest BCUT2D eigenvalue weighted by Crippen LogP contribution is 2.21. The van der Waals surface area contributed by atoms with Crippen molar-refractivity contribution in [1.82, 2.24) is 4.72 Å². The highest BCUT2D eigenvalue weighted by Gasteiger charge is 2.46. The van der Waals surface area contributed by atoms with Gasteiger partial charge in [-0.3, -0.25) is 4.79 Å². The van der Waals surface area contributed by atoms with E-state index in [1.165, 1.54) is 24.3 Å². The molecule has 1 rings (SSSR count). The monoisotopic (exact) mass is 301 g/mol. The SMILES string of the molecule is O=C(Cc1ccc(Cl)cc1)NS(=O)(=O)C(F)(F)F.